The summed E-state index contributed by atoms with van der Waals surface area (Å²) in [4.78, 5) is 90.9. The molecule has 8 aromatic carbocycles. The monoisotopic (exact) mass is 1200 g/mol. The van der Waals surface area contributed by atoms with Crippen molar-refractivity contribution in [2.24, 2.45) is 0 Å². The SMILES string of the molecule is CCCCc1ccc(N2C(=O)c3cccc4c(N(c5ccccc5)c5ccc(C(=O)CCC(=O)Oc6cc(C)c(/C(=C7\C(C)=C(C(=O)OCc8ccccc8)C(C)=[N+]7[B]F)c7[nH]c(C)c(C(=O)OCc8ccccc8)c7C)c(C)c6)cc5)ccc(c34)C2=O)cc1. The van der Waals surface area contributed by atoms with Gasteiger partial charge in [-0.05, 0) is 165 Å². The number of allylic oxidation sites excluding steroid dienone is 1. The molecule has 3 heterocycles. The second-order valence-corrected chi connectivity index (χ2v) is 22.6. The smallest absolute Gasteiger partial charge is 0.457 e. The number of aromatic nitrogens is 1. The third kappa shape index (κ3) is 12.1. The molecular weight excluding hydrogens is 1130 g/mol. The van der Waals surface area contributed by atoms with Crippen LogP contribution in [0.4, 0.5) is 27.1 Å². The lowest BCUT2D eigenvalue weighted by molar-refractivity contribution is -0.320. The number of ketones is 1. The van der Waals surface area contributed by atoms with Crippen molar-refractivity contribution in [2.45, 2.75) is 93.8 Å². The number of rotatable bonds is 21. The van der Waals surface area contributed by atoms with Crippen molar-refractivity contribution in [3.63, 3.8) is 0 Å². The van der Waals surface area contributed by atoms with Crippen LogP contribution >= 0.6 is 0 Å². The van der Waals surface area contributed by atoms with Crippen LogP contribution in [0.2, 0.25) is 0 Å². The lowest BCUT2D eigenvalue weighted by Gasteiger charge is -2.31. The van der Waals surface area contributed by atoms with Gasteiger partial charge >= 0.3 is 25.6 Å². The number of carbonyl (C=O) groups excluding carboxylic acids is 6. The van der Waals surface area contributed by atoms with Crippen LogP contribution in [0, 0.1) is 27.7 Å². The van der Waals surface area contributed by atoms with Gasteiger partial charge in [0.15, 0.2) is 17.2 Å². The number of anilines is 4. The molecule has 0 atom stereocenters. The zero-order valence-corrected chi connectivity index (χ0v) is 51.2. The third-order valence-corrected chi connectivity index (χ3v) is 16.7. The highest BCUT2D eigenvalue weighted by Gasteiger charge is 2.43. The minimum atomic E-state index is -0.645. The third-order valence-electron chi connectivity index (χ3n) is 16.7. The van der Waals surface area contributed by atoms with Gasteiger partial charge in [-0.25, -0.2) is 23.3 Å². The number of aromatic amines is 1. The van der Waals surface area contributed by atoms with Gasteiger partial charge in [0.1, 0.15) is 24.5 Å². The molecule has 1 aromatic heterocycles. The van der Waals surface area contributed by atoms with Crippen LogP contribution in [-0.4, -0.2) is 58.4 Å². The van der Waals surface area contributed by atoms with E-state index in [1.54, 1.807) is 64.1 Å². The molecule has 0 fully saturated rings. The number of ether oxygens (including phenoxy) is 3. The first-order chi connectivity index (χ1) is 43.6. The fourth-order valence-corrected chi connectivity index (χ4v) is 12.3. The molecule has 2 aliphatic heterocycles. The highest BCUT2D eigenvalue weighted by Crippen LogP contribution is 2.45. The number of hydrogen-bond acceptors (Lipinski definition) is 10. The normalized spacial score (nSPS) is 13.4. The molecule has 13 nitrogen and oxygen atoms in total. The van der Waals surface area contributed by atoms with Crippen LogP contribution in [0.15, 0.2) is 199 Å². The van der Waals surface area contributed by atoms with Crippen LogP contribution < -0.4 is 14.5 Å². The number of nitrogens with zero attached hydrogens (tertiary/aromatic N) is 3. The number of para-hydroxylation sites is 1. The maximum Gasteiger partial charge on any atom is 0.792 e. The molecule has 0 unspecified atom stereocenters. The maximum atomic E-state index is 15.6. The fraction of sp³-hybridized carbons (Fsp3) is 0.187. The van der Waals surface area contributed by atoms with E-state index in [0.717, 1.165) is 47.3 Å². The Balaban J connectivity index is 0.844. The zero-order chi connectivity index (χ0) is 63.3. The number of esters is 3. The molecule has 1 radical (unpaired) electrons. The Kier molecular flexibility index (Phi) is 18.0. The van der Waals surface area contributed by atoms with E-state index < -0.39 is 29.7 Å². The summed E-state index contributed by atoms with van der Waals surface area (Å²) in [7, 11) is 0.399. The minimum absolute atomic E-state index is 0.00516. The van der Waals surface area contributed by atoms with Crippen LogP contribution in [0.1, 0.15) is 138 Å². The number of imide groups is 1. The number of hydrogen-bond donors (Lipinski definition) is 1. The van der Waals surface area contributed by atoms with Crippen molar-refractivity contribution in [2.75, 3.05) is 9.80 Å². The summed E-state index contributed by atoms with van der Waals surface area (Å²) in [5.74, 6) is -2.73. The number of nitrogens with one attached hydrogen (secondary N) is 1. The topological polar surface area (TPSA) is 155 Å². The molecule has 1 N–H and O–H groups in total. The number of aryl methyl sites for hydroxylation is 4. The van der Waals surface area contributed by atoms with Gasteiger partial charge in [-0.15, -0.1) is 0 Å². The van der Waals surface area contributed by atoms with Crippen LogP contribution in [0.3, 0.4) is 0 Å². The lowest BCUT2D eigenvalue weighted by Crippen LogP contribution is -2.40. The Morgan fingerprint density at radius 3 is 1.82 bits per heavy atom. The van der Waals surface area contributed by atoms with Crippen molar-refractivity contribution in [3.05, 3.63) is 271 Å². The number of unbranched alkanes of at least 4 members (excludes halogenated alkanes) is 1. The highest BCUT2D eigenvalue weighted by molar-refractivity contribution is 6.36. The van der Waals surface area contributed by atoms with E-state index in [2.05, 4.69) is 11.9 Å². The van der Waals surface area contributed by atoms with E-state index in [1.807, 2.05) is 164 Å². The molecule has 2 aliphatic rings. The summed E-state index contributed by atoms with van der Waals surface area (Å²) in [5, 5.41) is 1.26. The minimum Gasteiger partial charge on any atom is -0.457 e. The molecule has 0 bridgehead atoms. The van der Waals surface area contributed by atoms with E-state index in [-0.39, 0.29) is 43.2 Å². The van der Waals surface area contributed by atoms with E-state index >= 15 is 4.32 Å². The van der Waals surface area contributed by atoms with Gasteiger partial charge in [0.2, 0.25) is 0 Å². The molecular formula is C75H66BFN4O9+. The first kappa shape index (κ1) is 61.1. The summed E-state index contributed by atoms with van der Waals surface area (Å²) in [5.41, 5.74) is 12.0. The Morgan fingerprint density at radius 2 is 1.21 bits per heavy atom. The quantitative estimate of drug-likeness (QED) is 0.0242. The van der Waals surface area contributed by atoms with Crippen molar-refractivity contribution in [3.8, 4) is 5.75 Å². The standard InChI is InChI=1S/C75H66BFN4O9/c1-8-9-20-51-29-33-57(34-30-51)80-72(84)60-28-19-27-59-62(38-37-61(68(59)60)73(80)85)79(55-25-17-12-18-26-55)56-35-31-54(32-36-56)63(82)39-40-64(83)90-58-41-45(2)65(46(3)42-58)69(70-47(4)66(49(6)78-70)74(86)88-43-52-21-13-10-14-22-52)71-48(5)67(50(7)81(71)76-77)75(87)89-44-53-23-15-11-16-24-53/h10-19,21-38,41-42,78H,8-9,20,39-40,43-44H2,1-7H3/q+1. The molecule has 2 amide bonds. The van der Waals surface area contributed by atoms with Crippen LogP contribution in [0.5, 0.6) is 5.75 Å². The van der Waals surface area contributed by atoms with Crippen molar-refractivity contribution in [1.82, 2.24) is 4.98 Å². The average Bonchev–Trinajstić information content (AvgIpc) is 1.09. The molecule has 0 saturated heterocycles. The maximum absolute atomic E-state index is 15.6. The van der Waals surface area contributed by atoms with Gasteiger partial charge in [-0.3, -0.25) is 19.2 Å². The Hall–Kier alpha value is -10.5. The van der Waals surface area contributed by atoms with E-state index in [0.29, 0.717) is 108 Å². The molecule has 11 rings (SSSR count). The van der Waals surface area contributed by atoms with Gasteiger partial charge in [0.05, 0.1) is 34.6 Å². The molecule has 0 saturated carbocycles. The second kappa shape index (κ2) is 26.4. The first-order valence-electron chi connectivity index (χ1n) is 30.0. The number of benzene rings is 8. The van der Waals surface area contributed by atoms with Gasteiger partial charge in [-0.2, -0.15) is 0 Å². The van der Waals surface area contributed by atoms with Gasteiger partial charge in [0, 0.05) is 63.4 Å². The number of amides is 2. The number of carbonyl (C=O) groups is 6. The van der Waals surface area contributed by atoms with Crippen molar-refractivity contribution >= 4 is 88.0 Å². The number of H-pyrrole nitrogens is 1. The summed E-state index contributed by atoms with van der Waals surface area (Å²) >= 11 is 0. The van der Waals surface area contributed by atoms with Gasteiger partial charge < -0.3 is 24.1 Å². The lowest BCUT2D eigenvalue weighted by atomic mass is 9.87. The number of Topliss-reactive ketones (excluding diaryl/α,β-unsaturated/α-hetero) is 1. The number of halogens is 1. The molecule has 0 aliphatic carbocycles. The Bertz CT molecular complexity index is 4380. The van der Waals surface area contributed by atoms with E-state index in [4.69, 9.17) is 14.2 Å². The summed E-state index contributed by atoms with van der Waals surface area (Å²) in [6, 6.07) is 55.4. The predicted octanol–water partition coefficient (Wildman–Crippen LogP) is 15.8. The van der Waals surface area contributed by atoms with Crippen LogP contribution in [0.25, 0.3) is 16.3 Å². The molecule has 90 heavy (non-hydrogen) atoms. The first-order valence-corrected chi connectivity index (χ1v) is 30.0. The van der Waals surface area contributed by atoms with Crippen molar-refractivity contribution in [1.29, 1.82) is 0 Å². The predicted molar refractivity (Wildman–Crippen MR) is 349 cm³/mol. The molecule has 15 heteroatoms. The average molecular weight is 1200 g/mol. The largest absolute Gasteiger partial charge is 0.792 e. The second-order valence-electron chi connectivity index (χ2n) is 22.6. The summed E-state index contributed by atoms with van der Waals surface area (Å²) in [6.07, 6.45) is 2.63. The van der Waals surface area contributed by atoms with E-state index in [9.17, 15) is 28.8 Å². The Labute approximate surface area is 523 Å². The fourth-order valence-electron chi connectivity index (χ4n) is 12.3. The van der Waals surface area contributed by atoms with E-state index in [1.165, 1.54) is 9.39 Å². The summed E-state index contributed by atoms with van der Waals surface area (Å²) < 4.78 is 34.5. The molecule has 9 aromatic rings. The van der Waals surface area contributed by atoms with Crippen LogP contribution in [-0.2, 0) is 38.7 Å². The zero-order valence-electron chi connectivity index (χ0n) is 51.2. The Morgan fingerprint density at radius 1 is 0.622 bits per heavy atom. The van der Waals surface area contributed by atoms with Gasteiger partial charge in [-0.1, -0.05) is 116 Å². The molecule has 449 valence electrons. The van der Waals surface area contributed by atoms with Gasteiger partial charge in [0.25, 0.3) is 11.8 Å². The highest BCUT2D eigenvalue weighted by atomic mass is 19.1. The van der Waals surface area contributed by atoms with Crippen molar-refractivity contribution < 1.29 is 51.8 Å². The molecule has 0 spiro atoms. The summed E-state index contributed by atoms with van der Waals surface area (Å²) in [6.45, 7) is 12.7.